The summed E-state index contributed by atoms with van der Waals surface area (Å²) >= 11 is 0. The molecule has 0 heterocycles. The van der Waals surface area contributed by atoms with Gasteiger partial charge in [0.1, 0.15) is 5.75 Å². The number of benzene rings is 1. The van der Waals surface area contributed by atoms with Crippen LogP contribution >= 0.6 is 0 Å². The second kappa shape index (κ2) is 4.64. The van der Waals surface area contributed by atoms with E-state index < -0.39 is 0 Å². The zero-order valence-electron chi connectivity index (χ0n) is 9.74. The smallest absolute Gasteiger partial charge is 0.115 e. The first-order chi connectivity index (χ1) is 6.88. The van der Waals surface area contributed by atoms with E-state index in [1.165, 1.54) is 0 Å². The number of nitrogens with one attached hydrogen (secondary N) is 1. The Bertz CT molecular complexity index is 300. The van der Waals surface area contributed by atoms with Crippen molar-refractivity contribution in [2.45, 2.75) is 39.3 Å². The summed E-state index contributed by atoms with van der Waals surface area (Å²) in [6.07, 6.45) is 0. The van der Waals surface area contributed by atoms with Crippen molar-refractivity contribution >= 4 is 0 Å². The lowest BCUT2D eigenvalue weighted by Gasteiger charge is -2.23. The first-order valence-electron chi connectivity index (χ1n) is 5.11. The lowest BCUT2D eigenvalue weighted by atomic mass is 10.1. The van der Waals surface area contributed by atoms with Gasteiger partial charge in [-0.15, -0.1) is 0 Å². The number of hydrogen-bond donors (Lipinski definition) is 2. The molecular weight excluding hydrogens is 190 g/mol. The van der Waals surface area contributed by atoms with Crippen LogP contribution in [0, 0.1) is 0 Å². The van der Waals surface area contributed by atoms with Crippen molar-refractivity contribution in [3.63, 3.8) is 0 Å². The van der Waals surface area contributed by atoms with E-state index in [4.69, 9.17) is 9.94 Å². The number of rotatable bonds is 3. The molecule has 0 aromatic heterocycles. The van der Waals surface area contributed by atoms with Gasteiger partial charge >= 0.3 is 0 Å². The molecule has 0 saturated heterocycles. The van der Waals surface area contributed by atoms with Gasteiger partial charge in [-0.3, -0.25) is 4.84 Å². The molecule has 0 spiro atoms. The van der Waals surface area contributed by atoms with Crippen molar-refractivity contribution in [3.8, 4) is 5.75 Å². The molecule has 1 aromatic carbocycles. The molecule has 0 radical (unpaired) electrons. The summed E-state index contributed by atoms with van der Waals surface area (Å²) in [6, 6.07) is 7.19. The summed E-state index contributed by atoms with van der Waals surface area (Å²) in [7, 11) is 0. The van der Waals surface area contributed by atoms with E-state index in [9.17, 15) is 0 Å². The van der Waals surface area contributed by atoms with Gasteiger partial charge < -0.3 is 5.11 Å². The first kappa shape index (κ1) is 12.0. The van der Waals surface area contributed by atoms with E-state index in [1.807, 2.05) is 39.8 Å². The van der Waals surface area contributed by atoms with Crippen LogP contribution in [0.25, 0.3) is 0 Å². The molecule has 1 atom stereocenters. The van der Waals surface area contributed by atoms with E-state index in [2.05, 4.69) is 5.48 Å². The molecule has 3 heteroatoms. The highest BCUT2D eigenvalue weighted by molar-refractivity contribution is 5.27. The number of phenols is 1. The van der Waals surface area contributed by atoms with Gasteiger partial charge in [0.2, 0.25) is 0 Å². The molecule has 0 saturated carbocycles. The Balaban J connectivity index is 2.54. The summed E-state index contributed by atoms with van der Waals surface area (Å²) in [5, 5.41) is 9.15. The van der Waals surface area contributed by atoms with Crippen molar-refractivity contribution in [2.24, 2.45) is 0 Å². The molecule has 1 rings (SSSR count). The van der Waals surface area contributed by atoms with Crippen molar-refractivity contribution in [1.82, 2.24) is 5.48 Å². The van der Waals surface area contributed by atoms with Gasteiger partial charge in [-0.2, -0.15) is 5.48 Å². The zero-order valence-corrected chi connectivity index (χ0v) is 9.74. The fraction of sp³-hybridized carbons (Fsp3) is 0.500. The van der Waals surface area contributed by atoms with Crippen LogP contribution in [0.4, 0.5) is 0 Å². The van der Waals surface area contributed by atoms with Crippen molar-refractivity contribution in [3.05, 3.63) is 29.8 Å². The van der Waals surface area contributed by atoms with Crippen LogP contribution in [0.1, 0.15) is 39.3 Å². The second-order valence-corrected chi connectivity index (χ2v) is 4.65. The fourth-order valence-corrected chi connectivity index (χ4v) is 1.10. The molecule has 3 nitrogen and oxygen atoms in total. The van der Waals surface area contributed by atoms with Crippen LogP contribution in [-0.2, 0) is 4.84 Å². The van der Waals surface area contributed by atoms with Crippen molar-refractivity contribution in [1.29, 1.82) is 0 Å². The van der Waals surface area contributed by atoms with Crippen molar-refractivity contribution < 1.29 is 9.94 Å². The maximum atomic E-state index is 9.15. The monoisotopic (exact) mass is 209 g/mol. The highest BCUT2D eigenvalue weighted by Crippen LogP contribution is 2.17. The summed E-state index contributed by atoms with van der Waals surface area (Å²) in [6.45, 7) is 7.98. The molecule has 1 aromatic rings. The van der Waals surface area contributed by atoms with E-state index in [0.717, 1.165) is 5.56 Å². The molecule has 0 fully saturated rings. The number of hydrogen-bond acceptors (Lipinski definition) is 3. The van der Waals surface area contributed by atoms with Crippen molar-refractivity contribution in [2.75, 3.05) is 0 Å². The molecule has 0 aliphatic rings. The minimum atomic E-state index is -0.203. The van der Waals surface area contributed by atoms with E-state index >= 15 is 0 Å². The van der Waals surface area contributed by atoms with Gasteiger partial charge in [0.25, 0.3) is 0 Å². The zero-order chi connectivity index (χ0) is 11.5. The minimum absolute atomic E-state index is 0.102. The summed E-state index contributed by atoms with van der Waals surface area (Å²) in [5.41, 5.74) is 3.85. The van der Waals surface area contributed by atoms with Gasteiger partial charge in [0.05, 0.1) is 11.6 Å². The molecule has 2 N–H and O–H groups in total. The molecule has 0 bridgehead atoms. The average molecular weight is 209 g/mol. The predicted octanol–water partition coefficient (Wildman–Crippen LogP) is 2.77. The SMILES string of the molecule is CC(NOC(C)(C)C)c1ccc(O)cc1. The summed E-state index contributed by atoms with van der Waals surface area (Å²) in [5.74, 6) is 0.280. The summed E-state index contributed by atoms with van der Waals surface area (Å²) in [4.78, 5) is 5.46. The van der Waals surface area contributed by atoms with Gasteiger partial charge in [-0.25, -0.2) is 0 Å². The lowest BCUT2D eigenvalue weighted by molar-refractivity contribution is -0.0866. The maximum absolute atomic E-state index is 9.15. The molecule has 0 aliphatic carbocycles. The quantitative estimate of drug-likeness (QED) is 0.752. The first-order valence-corrected chi connectivity index (χ1v) is 5.11. The van der Waals surface area contributed by atoms with Crippen LogP contribution in [-0.4, -0.2) is 10.7 Å². The standard InChI is InChI=1S/C12H19NO2/c1-9(13-15-12(2,3)4)10-5-7-11(14)8-6-10/h5-9,13-14H,1-4H3. The number of phenolic OH excluding ortho intramolecular Hbond substituents is 1. The van der Waals surface area contributed by atoms with Gasteiger partial charge in [-0.1, -0.05) is 12.1 Å². The lowest BCUT2D eigenvalue weighted by Crippen LogP contribution is -2.30. The Labute approximate surface area is 91.0 Å². The second-order valence-electron chi connectivity index (χ2n) is 4.65. The maximum Gasteiger partial charge on any atom is 0.115 e. The Morgan fingerprint density at radius 2 is 1.73 bits per heavy atom. The third-order valence-electron chi connectivity index (χ3n) is 1.93. The largest absolute Gasteiger partial charge is 0.508 e. The van der Waals surface area contributed by atoms with Gasteiger partial charge in [-0.05, 0) is 45.4 Å². The molecule has 0 aliphatic heterocycles. The topological polar surface area (TPSA) is 41.5 Å². The van der Waals surface area contributed by atoms with E-state index in [1.54, 1.807) is 12.1 Å². The number of aromatic hydroxyl groups is 1. The molecule has 1 unspecified atom stereocenters. The minimum Gasteiger partial charge on any atom is -0.508 e. The Morgan fingerprint density at radius 1 is 1.20 bits per heavy atom. The van der Waals surface area contributed by atoms with Crippen LogP contribution in [0.2, 0.25) is 0 Å². The van der Waals surface area contributed by atoms with Crippen LogP contribution in [0.15, 0.2) is 24.3 Å². The van der Waals surface area contributed by atoms with Gasteiger partial charge in [0.15, 0.2) is 0 Å². The molecule has 84 valence electrons. The Morgan fingerprint density at radius 3 is 2.20 bits per heavy atom. The third-order valence-corrected chi connectivity index (χ3v) is 1.93. The highest BCUT2D eigenvalue weighted by Gasteiger charge is 2.13. The average Bonchev–Trinajstić information content (AvgIpc) is 2.14. The Hall–Kier alpha value is -1.06. The number of hydroxylamine groups is 1. The van der Waals surface area contributed by atoms with Crippen LogP contribution < -0.4 is 5.48 Å². The summed E-state index contributed by atoms with van der Waals surface area (Å²) < 4.78 is 0. The molecule has 0 amide bonds. The highest BCUT2D eigenvalue weighted by atomic mass is 16.7. The molecular formula is C12H19NO2. The fourth-order valence-electron chi connectivity index (χ4n) is 1.10. The van der Waals surface area contributed by atoms with Crippen LogP contribution in [0.3, 0.4) is 0 Å². The van der Waals surface area contributed by atoms with E-state index in [0.29, 0.717) is 0 Å². The van der Waals surface area contributed by atoms with Crippen LogP contribution in [0.5, 0.6) is 5.75 Å². The normalized spacial score (nSPS) is 13.9. The predicted molar refractivity (Wildman–Crippen MR) is 60.5 cm³/mol. The Kier molecular flexibility index (Phi) is 3.72. The van der Waals surface area contributed by atoms with E-state index in [-0.39, 0.29) is 17.4 Å². The third kappa shape index (κ3) is 4.32. The molecule has 15 heavy (non-hydrogen) atoms. The van der Waals surface area contributed by atoms with Gasteiger partial charge in [0, 0.05) is 0 Å².